The highest BCUT2D eigenvalue weighted by molar-refractivity contribution is 6.10. The summed E-state index contributed by atoms with van der Waals surface area (Å²) in [6, 6.07) is 12.4. The number of ketones is 1. The number of aromatic nitrogens is 1. The Morgan fingerprint density at radius 2 is 1.78 bits per heavy atom. The molecule has 4 nitrogen and oxygen atoms in total. The number of nitrogens with one attached hydrogen (secondary N) is 1. The zero-order valence-corrected chi connectivity index (χ0v) is 12.4. The molecular formula is C18H14FNO3. The molecule has 3 rings (SSSR count). The second kappa shape index (κ2) is 6.04. The van der Waals surface area contributed by atoms with E-state index in [1.807, 2.05) is 24.3 Å². The Labute approximate surface area is 131 Å². The van der Waals surface area contributed by atoms with Gasteiger partial charge in [0.2, 0.25) is 5.78 Å². The molecule has 0 spiro atoms. The van der Waals surface area contributed by atoms with Crippen molar-refractivity contribution in [1.29, 1.82) is 0 Å². The molecule has 1 heterocycles. The van der Waals surface area contributed by atoms with Gasteiger partial charge in [0, 0.05) is 22.7 Å². The first-order valence-electron chi connectivity index (χ1n) is 7.13. The Kier molecular flexibility index (Phi) is 3.93. The topological polar surface area (TPSA) is 59.2 Å². The third kappa shape index (κ3) is 2.99. The molecule has 0 amide bonds. The van der Waals surface area contributed by atoms with Crippen molar-refractivity contribution in [2.75, 3.05) is 0 Å². The monoisotopic (exact) mass is 311 g/mol. The number of esters is 1. The second-order valence-electron chi connectivity index (χ2n) is 5.17. The summed E-state index contributed by atoms with van der Waals surface area (Å²) in [6.45, 7) is 1.52. The van der Waals surface area contributed by atoms with Crippen molar-refractivity contribution >= 4 is 22.7 Å². The lowest BCUT2D eigenvalue weighted by molar-refractivity contribution is 0.0319. The van der Waals surface area contributed by atoms with Crippen LogP contribution < -0.4 is 0 Å². The van der Waals surface area contributed by atoms with Crippen LogP contribution in [0.1, 0.15) is 27.6 Å². The minimum absolute atomic E-state index is 0.199. The van der Waals surface area contributed by atoms with E-state index in [-0.39, 0.29) is 11.3 Å². The van der Waals surface area contributed by atoms with Crippen molar-refractivity contribution in [1.82, 2.24) is 4.98 Å². The smallest absolute Gasteiger partial charge is 0.338 e. The molecule has 0 radical (unpaired) electrons. The van der Waals surface area contributed by atoms with Crippen molar-refractivity contribution in [3.63, 3.8) is 0 Å². The molecule has 116 valence electrons. The van der Waals surface area contributed by atoms with Gasteiger partial charge in [-0.2, -0.15) is 0 Å². The van der Waals surface area contributed by atoms with Crippen molar-refractivity contribution in [2.45, 2.75) is 13.0 Å². The lowest BCUT2D eigenvalue weighted by atomic mass is 10.1. The van der Waals surface area contributed by atoms with Crippen LogP contribution in [0, 0.1) is 5.82 Å². The first-order valence-corrected chi connectivity index (χ1v) is 7.13. The third-order valence-electron chi connectivity index (χ3n) is 3.59. The quantitative estimate of drug-likeness (QED) is 0.590. The Hall–Kier alpha value is -2.95. The summed E-state index contributed by atoms with van der Waals surface area (Å²) in [7, 11) is 0. The van der Waals surface area contributed by atoms with Gasteiger partial charge < -0.3 is 9.72 Å². The molecule has 0 saturated heterocycles. The Morgan fingerprint density at radius 1 is 1.09 bits per heavy atom. The van der Waals surface area contributed by atoms with Crippen LogP contribution in [0.25, 0.3) is 10.9 Å². The molecule has 2 aromatic carbocycles. The number of carbonyl (C=O) groups excluding carboxylic acids is 2. The molecule has 0 aliphatic rings. The highest BCUT2D eigenvalue weighted by atomic mass is 19.1. The van der Waals surface area contributed by atoms with E-state index in [2.05, 4.69) is 4.98 Å². The molecule has 1 N–H and O–H groups in total. The average Bonchev–Trinajstić information content (AvgIpc) is 2.98. The van der Waals surface area contributed by atoms with E-state index in [9.17, 15) is 14.0 Å². The number of halogens is 1. The number of rotatable bonds is 4. The van der Waals surface area contributed by atoms with Crippen molar-refractivity contribution in [3.05, 3.63) is 71.7 Å². The summed E-state index contributed by atoms with van der Waals surface area (Å²) in [5.74, 6) is -1.40. The standard InChI is InChI=1S/C18H14FNO3/c1-11(23-18(22)12-6-8-13(19)9-7-12)17(21)15-10-20-16-5-3-2-4-14(15)16/h2-11,20H,1H3/t11-/m1/s1. The number of H-pyrrole nitrogens is 1. The van der Waals surface area contributed by atoms with Crippen LogP contribution >= 0.6 is 0 Å². The minimum Gasteiger partial charge on any atom is -0.451 e. The van der Waals surface area contributed by atoms with Crippen LogP contribution in [-0.2, 0) is 4.74 Å². The summed E-state index contributed by atoms with van der Waals surface area (Å²) >= 11 is 0. The molecule has 1 aromatic heterocycles. The number of fused-ring (bicyclic) bond motifs is 1. The van der Waals surface area contributed by atoms with Crippen LogP contribution in [0.2, 0.25) is 0 Å². The van der Waals surface area contributed by atoms with Gasteiger partial charge in [-0.05, 0) is 37.3 Å². The number of hydrogen-bond acceptors (Lipinski definition) is 3. The molecule has 1 atom stereocenters. The normalized spacial score (nSPS) is 12.1. The number of para-hydroxylation sites is 1. The highest BCUT2D eigenvalue weighted by Gasteiger charge is 2.22. The number of hydrogen-bond donors (Lipinski definition) is 1. The first-order chi connectivity index (χ1) is 11.1. The van der Waals surface area contributed by atoms with Crippen LogP contribution in [0.4, 0.5) is 4.39 Å². The van der Waals surface area contributed by atoms with E-state index < -0.39 is 17.9 Å². The van der Waals surface area contributed by atoms with Crippen LogP contribution in [-0.4, -0.2) is 22.8 Å². The maximum atomic E-state index is 12.9. The highest BCUT2D eigenvalue weighted by Crippen LogP contribution is 2.20. The molecule has 0 aliphatic heterocycles. The molecule has 0 bridgehead atoms. The Morgan fingerprint density at radius 3 is 2.52 bits per heavy atom. The number of benzene rings is 2. The Balaban J connectivity index is 1.77. The van der Waals surface area contributed by atoms with Gasteiger partial charge in [0.1, 0.15) is 5.82 Å². The van der Waals surface area contributed by atoms with E-state index in [0.29, 0.717) is 5.56 Å². The molecule has 5 heteroatoms. The SMILES string of the molecule is C[C@@H](OC(=O)c1ccc(F)cc1)C(=O)c1c[nH]c2ccccc12. The van der Waals surface area contributed by atoms with E-state index in [1.54, 1.807) is 6.20 Å². The molecule has 3 aromatic rings. The van der Waals surface area contributed by atoms with Gasteiger partial charge in [0.05, 0.1) is 5.56 Å². The lowest BCUT2D eigenvalue weighted by Gasteiger charge is -2.12. The minimum atomic E-state index is -0.938. The molecular weight excluding hydrogens is 297 g/mol. The van der Waals surface area contributed by atoms with Gasteiger partial charge in [-0.15, -0.1) is 0 Å². The molecule has 0 unspecified atom stereocenters. The number of carbonyl (C=O) groups is 2. The van der Waals surface area contributed by atoms with Gasteiger partial charge in [-0.1, -0.05) is 18.2 Å². The van der Waals surface area contributed by atoms with Crippen molar-refractivity contribution in [3.8, 4) is 0 Å². The zero-order valence-electron chi connectivity index (χ0n) is 12.4. The van der Waals surface area contributed by atoms with Crippen molar-refractivity contribution in [2.24, 2.45) is 0 Å². The summed E-state index contributed by atoms with van der Waals surface area (Å²) < 4.78 is 18.1. The van der Waals surface area contributed by atoms with Crippen LogP contribution in [0.5, 0.6) is 0 Å². The fourth-order valence-corrected chi connectivity index (χ4v) is 2.36. The first kappa shape index (κ1) is 15.0. The van der Waals surface area contributed by atoms with Crippen molar-refractivity contribution < 1.29 is 18.7 Å². The second-order valence-corrected chi connectivity index (χ2v) is 5.17. The van der Waals surface area contributed by atoms with Gasteiger partial charge in [-0.25, -0.2) is 9.18 Å². The number of ether oxygens (including phenoxy) is 1. The van der Waals surface area contributed by atoms with Gasteiger partial charge in [-0.3, -0.25) is 4.79 Å². The van der Waals surface area contributed by atoms with E-state index in [4.69, 9.17) is 4.74 Å². The van der Waals surface area contributed by atoms with E-state index in [1.165, 1.54) is 31.2 Å². The van der Waals surface area contributed by atoms with Crippen LogP contribution in [0.15, 0.2) is 54.7 Å². The fraction of sp³-hybridized carbons (Fsp3) is 0.111. The van der Waals surface area contributed by atoms with E-state index >= 15 is 0 Å². The van der Waals surface area contributed by atoms with Gasteiger partial charge in [0.15, 0.2) is 6.10 Å². The lowest BCUT2D eigenvalue weighted by Crippen LogP contribution is -2.24. The largest absolute Gasteiger partial charge is 0.451 e. The van der Waals surface area contributed by atoms with Gasteiger partial charge >= 0.3 is 5.97 Å². The molecule has 0 aliphatic carbocycles. The maximum absolute atomic E-state index is 12.9. The molecule has 0 fully saturated rings. The zero-order chi connectivity index (χ0) is 16.4. The predicted octanol–water partition coefficient (Wildman–Crippen LogP) is 3.74. The summed E-state index contributed by atoms with van der Waals surface area (Å²) in [6.07, 6.45) is 0.668. The predicted molar refractivity (Wildman–Crippen MR) is 83.9 cm³/mol. The number of Topliss-reactive ketones (excluding diaryl/α,β-unsaturated/α-hetero) is 1. The number of aromatic amines is 1. The fourth-order valence-electron chi connectivity index (χ4n) is 2.36. The summed E-state index contributed by atoms with van der Waals surface area (Å²) in [5, 5.41) is 0.780. The van der Waals surface area contributed by atoms with Gasteiger partial charge in [0.25, 0.3) is 0 Å². The summed E-state index contributed by atoms with van der Waals surface area (Å²) in [4.78, 5) is 27.5. The Bertz CT molecular complexity index is 867. The van der Waals surface area contributed by atoms with E-state index in [0.717, 1.165) is 10.9 Å². The summed E-state index contributed by atoms with van der Waals surface area (Å²) in [5.41, 5.74) is 1.51. The maximum Gasteiger partial charge on any atom is 0.338 e. The van der Waals surface area contributed by atoms with Crippen LogP contribution in [0.3, 0.4) is 0 Å². The third-order valence-corrected chi connectivity index (χ3v) is 3.59. The molecule has 23 heavy (non-hydrogen) atoms. The molecule has 0 saturated carbocycles. The average molecular weight is 311 g/mol.